The second kappa shape index (κ2) is 7.64. The van der Waals surface area contributed by atoms with Crippen LogP contribution < -0.4 is 0 Å². The van der Waals surface area contributed by atoms with Crippen molar-refractivity contribution < 1.29 is 24.9 Å². The SMILES string of the molecule is CC(C)(C)c1ccccc1O.Cc1ccc(C(=O)O)cc1C(=O)O. The van der Waals surface area contributed by atoms with E-state index in [1.54, 1.807) is 13.0 Å². The molecule has 0 aliphatic rings. The van der Waals surface area contributed by atoms with Crippen molar-refractivity contribution >= 4 is 11.9 Å². The van der Waals surface area contributed by atoms with Crippen molar-refractivity contribution in [3.8, 4) is 5.75 Å². The molecule has 0 radical (unpaired) electrons. The van der Waals surface area contributed by atoms with Gasteiger partial charge in [0.15, 0.2) is 0 Å². The van der Waals surface area contributed by atoms with Crippen molar-refractivity contribution in [3.05, 3.63) is 64.7 Å². The van der Waals surface area contributed by atoms with Gasteiger partial charge in [-0.3, -0.25) is 0 Å². The molecule has 0 heterocycles. The van der Waals surface area contributed by atoms with E-state index >= 15 is 0 Å². The maximum Gasteiger partial charge on any atom is 0.335 e. The minimum absolute atomic E-state index is 0.0111. The lowest BCUT2D eigenvalue weighted by atomic mass is 9.86. The summed E-state index contributed by atoms with van der Waals surface area (Å²) in [6.07, 6.45) is 0. The summed E-state index contributed by atoms with van der Waals surface area (Å²) in [5, 5.41) is 26.7. The Labute approximate surface area is 141 Å². The average molecular weight is 330 g/mol. The number of benzene rings is 2. The normalized spacial score (nSPS) is 10.5. The van der Waals surface area contributed by atoms with Crippen LogP contribution in [0.5, 0.6) is 5.75 Å². The Balaban J connectivity index is 0.000000243. The smallest absolute Gasteiger partial charge is 0.335 e. The summed E-state index contributed by atoms with van der Waals surface area (Å²) in [5.74, 6) is -1.84. The van der Waals surface area contributed by atoms with Crippen molar-refractivity contribution in [3.63, 3.8) is 0 Å². The molecular weight excluding hydrogens is 308 g/mol. The zero-order chi connectivity index (χ0) is 18.5. The van der Waals surface area contributed by atoms with Gasteiger partial charge in [0.25, 0.3) is 0 Å². The van der Waals surface area contributed by atoms with Crippen LogP contribution in [0.15, 0.2) is 42.5 Å². The number of rotatable bonds is 2. The fourth-order valence-corrected chi connectivity index (χ4v) is 2.09. The number of carboxylic acids is 2. The van der Waals surface area contributed by atoms with Crippen LogP contribution in [-0.2, 0) is 5.41 Å². The summed E-state index contributed by atoms with van der Waals surface area (Å²) < 4.78 is 0. The molecule has 0 amide bonds. The van der Waals surface area contributed by atoms with Gasteiger partial charge in [0.2, 0.25) is 0 Å². The van der Waals surface area contributed by atoms with Gasteiger partial charge in [-0.1, -0.05) is 45.0 Å². The number of carbonyl (C=O) groups is 2. The second-order valence-electron chi connectivity index (χ2n) is 6.41. The molecule has 5 nitrogen and oxygen atoms in total. The van der Waals surface area contributed by atoms with Crippen molar-refractivity contribution in [1.29, 1.82) is 0 Å². The molecule has 5 heteroatoms. The van der Waals surface area contributed by atoms with E-state index in [0.29, 0.717) is 11.3 Å². The lowest BCUT2D eigenvalue weighted by Gasteiger charge is -2.19. The Morgan fingerprint density at radius 2 is 1.50 bits per heavy atom. The van der Waals surface area contributed by atoms with Crippen molar-refractivity contribution in [2.45, 2.75) is 33.1 Å². The first-order valence-electron chi connectivity index (χ1n) is 7.39. The topological polar surface area (TPSA) is 94.8 Å². The number of aryl methyl sites for hydroxylation is 1. The predicted octanol–water partition coefficient (Wildman–Crippen LogP) is 4.08. The number of aromatic hydroxyl groups is 1. The van der Waals surface area contributed by atoms with E-state index < -0.39 is 11.9 Å². The molecule has 3 N–H and O–H groups in total. The highest BCUT2D eigenvalue weighted by molar-refractivity contribution is 5.94. The van der Waals surface area contributed by atoms with Gasteiger partial charge in [0, 0.05) is 0 Å². The van der Waals surface area contributed by atoms with Crippen LogP contribution in [0.3, 0.4) is 0 Å². The third kappa shape index (κ3) is 5.12. The monoisotopic (exact) mass is 330 g/mol. The molecular formula is C19H22O5. The molecule has 0 saturated carbocycles. The zero-order valence-corrected chi connectivity index (χ0v) is 14.2. The van der Waals surface area contributed by atoms with E-state index in [4.69, 9.17) is 10.2 Å². The number of para-hydroxylation sites is 1. The van der Waals surface area contributed by atoms with E-state index in [1.807, 2.05) is 18.2 Å². The summed E-state index contributed by atoms with van der Waals surface area (Å²) in [6.45, 7) is 7.88. The van der Waals surface area contributed by atoms with Gasteiger partial charge in [-0.2, -0.15) is 0 Å². The van der Waals surface area contributed by atoms with Crippen LogP contribution >= 0.6 is 0 Å². The zero-order valence-electron chi connectivity index (χ0n) is 14.2. The Kier molecular flexibility index (Phi) is 6.12. The number of phenolic OH excluding ortho intramolecular Hbond substituents is 1. The van der Waals surface area contributed by atoms with Gasteiger partial charge in [0.1, 0.15) is 5.75 Å². The molecule has 0 unspecified atom stereocenters. The molecule has 0 aliphatic carbocycles. The largest absolute Gasteiger partial charge is 0.508 e. The third-order valence-corrected chi connectivity index (χ3v) is 3.43. The van der Waals surface area contributed by atoms with E-state index in [9.17, 15) is 14.7 Å². The van der Waals surface area contributed by atoms with Crippen LogP contribution in [-0.4, -0.2) is 27.3 Å². The van der Waals surface area contributed by atoms with Crippen molar-refractivity contribution in [2.75, 3.05) is 0 Å². The van der Waals surface area contributed by atoms with Crippen molar-refractivity contribution in [2.24, 2.45) is 0 Å². The third-order valence-electron chi connectivity index (χ3n) is 3.43. The molecule has 2 rings (SSSR count). The highest BCUT2D eigenvalue weighted by atomic mass is 16.4. The predicted molar refractivity (Wildman–Crippen MR) is 91.9 cm³/mol. The second-order valence-corrected chi connectivity index (χ2v) is 6.41. The first-order valence-corrected chi connectivity index (χ1v) is 7.39. The number of carboxylic acid groups (broad SMARTS) is 2. The minimum atomic E-state index is -1.12. The Bertz CT molecular complexity index is 742. The van der Waals surface area contributed by atoms with E-state index in [0.717, 1.165) is 11.6 Å². The fraction of sp³-hybridized carbons (Fsp3) is 0.263. The summed E-state index contributed by atoms with van der Waals surface area (Å²) in [4.78, 5) is 21.1. The molecule has 0 fully saturated rings. The maximum absolute atomic E-state index is 10.6. The van der Waals surface area contributed by atoms with Crippen LogP contribution in [0, 0.1) is 6.92 Å². The highest BCUT2D eigenvalue weighted by Crippen LogP contribution is 2.29. The number of hydrogen-bond acceptors (Lipinski definition) is 3. The molecule has 2 aromatic rings. The summed E-state index contributed by atoms with van der Waals surface area (Å²) >= 11 is 0. The molecule has 2 aromatic carbocycles. The summed E-state index contributed by atoms with van der Waals surface area (Å²) in [7, 11) is 0. The quantitative estimate of drug-likeness (QED) is 0.771. The average Bonchev–Trinajstić information content (AvgIpc) is 2.47. The Morgan fingerprint density at radius 3 is 1.92 bits per heavy atom. The van der Waals surface area contributed by atoms with Gasteiger partial charge in [0.05, 0.1) is 11.1 Å². The van der Waals surface area contributed by atoms with Crippen molar-refractivity contribution in [1.82, 2.24) is 0 Å². The number of aromatic carboxylic acids is 2. The maximum atomic E-state index is 10.6. The van der Waals surface area contributed by atoms with E-state index in [1.165, 1.54) is 12.1 Å². The summed E-state index contributed by atoms with van der Waals surface area (Å²) in [5.41, 5.74) is 1.60. The summed E-state index contributed by atoms with van der Waals surface area (Å²) in [6, 6.07) is 11.5. The van der Waals surface area contributed by atoms with Gasteiger partial charge >= 0.3 is 11.9 Å². The molecule has 0 saturated heterocycles. The molecule has 0 bridgehead atoms. The fourth-order valence-electron chi connectivity index (χ4n) is 2.09. The molecule has 0 aliphatic heterocycles. The molecule has 24 heavy (non-hydrogen) atoms. The first-order chi connectivity index (χ1) is 11.0. The van der Waals surface area contributed by atoms with Gasteiger partial charge < -0.3 is 15.3 Å². The molecule has 0 atom stereocenters. The van der Waals surface area contributed by atoms with Gasteiger partial charge in [-0.05, 0) is 41.7 Å². The van der Waals surface area contributed by atoms with E-state index in [2.05, 4.69) is 20.8 Å². The lowest BCUT2D eigenvalue weighted by Crippen LogP contribution is -2.10. The number of hydrogen-bond donors (Lipinski definition) is 3. The standard InChI is InChI=1S/C10H14O.C9H8O4/c1-10(2,3)8-6-4-5-7-9(8)11;1-5-2-3-6(8(10)11)4-7(5)9(12)13/h4-7,11H,1-3H3;2-4H,1H3,(H,10,11)(H,12,13). The highest BCUT2D eigenvalue weighted by Gasteiger charge is 2.16. The van der Waals surface area contributed by atoms with Crippen LogP contribution in [0.2, 0.25) is 0 Å². The Morgan fingerprint density at radius 1 is 0.917 bits per heavy atom. The van der Waals surface area contributed by atoms with Gasteiger partial charge in [-0.25, -0.2) is 9.59 Å². The Hall–Kier alpha value is -2.82. The van der Waals surface area contributed by atoms with E-state index in [-0.39, 0.29) is 16.5 Å². The molecule has 0 aromatic heterocycles. The number of phenols is 1. The van der Waals surface area contributed by atoms with Crippen LogP contribution in [0.25, 0.3) is 0 Å². The van der Waals surface area contributed by atoms with Crippen LogP contribution in [0.1, 0.15) is 52.6 Å². The first kappa shape index (κ1) is 19.2. The van der Waals surface area contributed by atoms with Gasteiger partial charge in [-0.15, -0.1) is 0 Å². The lowest BCUT2D eigenvalue weighted by molar-refractivity contribution is 0.0695. The minimum Gasteiger partial charge on any atom is -0.508 e. The molecule has 128 valence electrons. The van der Waals surface area contributed by atoms with Crippen LogP contribution in [0.4, 0.5) is 0 Å². The molecule has 0 spiro atoms.